The van der Waals surface area contributed by atoms with Gasteiger partial charge in [0.2, 0.25) is 0 Å². The third kappa shape index (κ3) is 4.75. The van der Waals surface area contributed by atoms with E-state index in [2.05, 4.69) is 15.6 Å². The lowest BCUT2D eigenvalue weighted by molar-refractivity contribution is -0.120. The first-order valence-electron chi connectivity index (χ1n) is 8.22. The van der Waals surface area contributed by atoms with Crippen LogP contribution >= 0.6 is 0 Å². The average Bonchev–Trinajstić information content (AvgIpc) is 2.86. The molecule has 8 heteroatoms. The third-order valence-corrected chi connectivity index (χ3v) is 3.73. The van der Waals surface area contributed by atoms with E-state index in [4.69, 9.17) is 14.3 Å². The summed E-state index contributed by atoms with van der Waals surface area (Å²) >= 11 is 0. The standard InChI is InChI=1S/C18H24N4O4/c1-6-25-15-8-7-14(9-16(15)24-5)10-19-26-11-17(23)20-18-12(2)21-22(4)13(18)3/h7-10H,6,11H2,1-5H3,(H,20,23)/b19-10-. The van der Waals surface area contributed by atoms with Crippen LogP contribution in [0.2, 0.25) is 0 Å². The summed E-state index contributed by atoms with van der Waals surface area (Å²) in [4.78, 5) is 17.0. The lowest BCUT2D eigenvalue weighted by Gasteiger charge is -2.09. The second-order valence-corrected chi connectivity index (χ2v) is 5.57. The fourth-order valence-electron chi connectivity index (χ4n) is 2.36. The Morgan fingerprint density at radius 2 is 2.12 bits per heavy atom. The second-order valence-electron chi connectivity index (χ2n) is 5.57. The molecule has 1 N–H and O–H groups in total. The Balaban J connectivity index is 1.89. The average molecular weight is 360 g/mol. The van der Waals surface area contributed by atoms with Crippen LogP contribution < -0.4 is 14.8 Å². The maximum absolute atomic E-state index is 12.0. The Bertz CT molecular complexity index is 799. The molecule has 0 unspecified atom stereocenters. The van der Waals surface area contributed by atoms with Crippen molar-refractivity contribution in [2.24, 2.45) is 12.2 Å². The zero-order valence-electron chi connectivity index (χ0n) is 15.7. The summed E-state index contributed by atoms with van der Waals surface area (Å²) in [5.74, 6) is 0.969. The smallest absolute Gasteiger partial charge is 0.265 e. The van der Waals surface area contributed by atoms with Crippen LogP contribution in [0.3, 0.4) is 0 Å². The highest BCUT2D eigenvalue weighted by Crippen LogP contribution is 2.27. The first-order chi connectivity index (χ1) is 12.5. The quantitative estimate of drug-likeness (QED) is 0.577. The number of benzene rings is 1. The van der Waals surface area contributed by atoms with Gasteiger partial charge in [-0.3, -0.25) is 9.48 Å². The van der Waals surface area contributed by atoms with Crippen LogP contribution in [0.1, 0.15) is 23.9 Å². The number of ether oxygens (including phenoxy) is 2. The first kappa shape index (κ1) is 19.3. The van der Waals surface area contributed by atoms with Crippen LogP contribution in [0.25, 0.3) is 0 Å². The Hall–Kier alpha value is -3.03. The van der Waals surface area contributed by atoms with Crippen molar-refractivity contribution in [3.63, 3.8) is 0 Å². The minimum atomic E-state index is -0.300. The predicted molar refractivity (Wildman–Crippen MR) is 99.0 cm³/mol. The summed E-state index contributed by atoms with van der Waals surface area (Å²) in [6.45, 7) is 5.98. The molecule has 2 rings (SSSR count). The van der Waals surface area contributed by atoms with Gasteiger partial charge in [0.1, 0.15) is 0 Å². The van der Waals surface area contributed by atoms with E-state index in [0.29, 0.717) is 23.8 Å². The zero-order chi connectivity index (χ0) is 19.1. The number of nitrogens with one attached hydrogen (secondary N) is 1. The molecule has 8 nitrogen and oxygen atoms in total. The Morgan fingerprint density at radius 1 is 1.35 bits per heavy atom. The lowest BCUT2D eigenvalue weighted by Crippen LogP contribution is -2.18. The predicted octanol–water partition coefficient (Wildman–Crippen LogP) is 2.43. The Labute approximate surface area is 152 Å². The van der Waals surface area contributed by atoms with Crippen LogP contribution in [0.5, 0.6) is 11.5 Å². The van der Waals surface area contributed by atoms with Gasteiger partial charge in [0.15, 0.2) is 18.1 Å². The van der Waals surface area contributed by atoms with Gasteiger partial charge in [-0.05, 0) is 39.0 Å². The molecular weight excluding hydrogens is 336 g/mol. The van der Waals surface area contributed by atoms with Gasteiger partial charge in [0, 0.05) is 12.6 Å². The molecular formula is C18H24N4O4. The molecule has 0 fully saturated rings. The van der Waals surface area contributed by atoms with Crippen molar-refractivity contribution >= 4 is 17.8 Å². The highest BCUT2D eigenvalue weighted by atomic mass is 16.6. The molecule has 1 amide bonds. The van der Waals surface area contributed by atoms with Crippen molar-refractivity contribution in [1.29, 1.82) is 0 Å². The number of anilines is 1. The minimum Gasteiger partial charge on any atom is -0.493 e. The molecule has 0 spiro atoms. The van der Waals surface area contributed by atoms with E-state index in [1.165, 1.54) is 6.21 Å². The molecule has 0 saturated heterocycles. The number of aromatic nitrogens is 2. The van der Waals surface area contributed by atoms with Crippen molar-refractivity contribution in [2.75, 3.05) is 25.6 Å². The summed E-state index contributed by atoms with van der Waals surface area (Å²) in [7, 11) is 3.39. The normalized spacial score (nSPS) is 10.8. The van der Waals surface area contributed by atoms with Gasteiger partial charge in [-0.25, -0.2) is 0 Å². The van der Waals surface area contributed by atoms with Gasteiger partial charge < -0.3 is 19.6 Å². The third-order valence-electron chi connectivity index (χ3n) is 3.73. The molecule has 1 aromatic heterocycles. The molecule has 2 aromatic rings. The van der Waals surface area contributed by atoms with Crippen molar-refractivity contribution < 1.29 is 19.1 Å². The fraction of sp³-hybridized carbons (Fsp3) is 0.389. The van der Waals surface area contributed by atoms with Crippen LogP contribution in [-0.2, 0) is 16.7 Å². The molecule has 140 valence electrons. The van der Waals surface area contributed by atoms with E-state index >= 15 is 0 Å². The molecule has 0 aliphatic carbocycles. The van der Waals surface area contributed by atoms with E-state index in [1.54, 1.807) is 23.9 Å². The van der Waals surface area contributed by atoms with Crippen LogP contribution in [0.15, 0.2) is 23.4 Å². The highest BCUT2D eigenvalue weighted by molar-refractivity contribution is 5.92. The Kier molecular flexibility index (Phi) is 6.60. The first-order valence-corrected chi connectivity index (χ1v) is 8.22. The maximum atomic E-state index is 12.0. The summed E-state index contributed by atoms with van der Waals surface area (Å²) in [6, 6.07) is 5.40. The van der Waals surface area contributed by atoms with Gasteiger partial charge in [0.25, 0.3) is 5.91 Å². The molecule has 26 heavy (non-hydrogen) atoms. The number of nitrogens with zero attached hydrogens (tertiary/aromatic N) is 3. The molecule has 0 aliphatic rings. The number of carbonyl (C=O) groups is 1. The number of amides is 1. The number of oxime groups is 1. The maximum Gasteiger partial charge on any atom is 0.265 e. The van der Waals surface area contributed by atoms with Gasteiger partial charge in [-0.2, -0.15) is 5.10 Å². The Morgan fingerprint density at radius 3 is 2.73 bits per heavy atom. The largest absolute Gasteiger partial charge is 0.493 e. The van der Waals surface area contributed by atoms with Crippen LogP contribution in [0.4, 0.5) is 5.69 Å². The molecule has 0 saturated carbocycles. The summed E-state index contributed by atoms with van der Waals surface area (Å²) in [5, 5.41) is 10.8. The fourth-order valence-corrected chi connectivity index (χ4v) is 2.36. The van der Waals surface area contributed by atoms with Gasteiger partial charge in [-0.1, -0.05) is 5.16 Å². The minimum absolute atomic E-state index is 0.196. The number of methoxy groups -OCH3 is 1. The summed E-state index contributed by atoms with van der Waals surface area (Å²) in [6.07, 6.45) is 1.51. The van der Waals surface area contributed by atoms with Gasteiger partial charge in [0.05, 0.1) is 37.0 Å². The number of hydrogen-bond acceptors (Lipinski definition) is 6. The topological polar surface area (TPSA) is 87.0 Å². The number of aryl methyl sites for hydroxylation is 2. The molecule has 0 atom stereocenters. The molecule has 0 radical (unpaired) electrons. The van der Waals surface area contributed by atoms with E-state index in [-0.39, 0.29) is 12.5 Å². The molecule has 0 aliphatic heterocycles. The van der Waals surface area contributed by atoms with E-state index in [9.17, 15) is 4.79 Å². The van der Waals surface area contributed by atoms with Crippen molar-refractivity contribution in [3.8, 4) is 11.5 Å². The SMILES string of the molecule is CCOc1ccc(/C=N\OCC(=O)Nc2c(C)nn(C)c2C)cc1OC. The molecule has 1 heterocycles. The van der Waals surface area contributed by atoms with Gasteiger partial charge >= 0.3 is 0 Å². The van der Waals surface area contributed by atoms with E-state index < -0.39 is 0 Å². The van der Waals surface area contributed by atoms with Crippen LogP contribution in [0, 0.1) is 13.8 Å². The van der Waals surface area contributed by atoms with Gasteiger partial charge in [-0.15, -0.1) is 0 Å². The number of carbonyl (C=O) groups excluding carboxylic acids is 1. The summed E-state index contributed by atoms with van der Waals surface area (Å²) < 4.78 is 12.4. The zero-order valence-corrected chi connectivity index (χ0v) is 15.7. The number of rotatable bonds is 8. The molecule has 1 aromatic carbocycles. The number of hydrogen-bond donors (Lipinski definition) is 1. The van der Waals surface area contributed by atoms with Crippen molar-refractivity contribution in [1.82, 2.24) is 9.78 Å². The highest BCUT2D eigenvalue weighted by Gasteiger charge is 2.12. The molecule has 0 bridgehead atoms. The lowest BCUT2D eigenvalue weighted by atomic mass is 10.2. The monoisotopic (exact) mass is 360 g/mol. The van der Waals surface area contributed by atoms with Crippen molar-refractivity contribution in [2.45, 2.75) is 20.8 Å². The van der Waals surface area contributed by atoms with Crippen LogP contribution in [-0.4, -0.2) is 42.2 Å². The second kappa shape index (κ2) is 8.89. The van der Waals surface area contributed by atoms with Crippen molar-refractivity contribution in [3.05, 3.63) is 35.2 Å². The van der Waals surface area contributed by atoms with E-state index in [1.807, 2.05) is 33.9 Å². The summed E-state index contributed by atoms with van der Waals surface area (Å²) in [5.41, 5.74) is 3.09. The van der Waals surface area contributed by atoms with E-state index in [0.717, 1.165) is 17.0 Å².